The Labute approximate surface area is 108 Å². The van der Waals surface area contributed by atoms with E-state index < -0.39 is 17.3 Å². The number of amides is 1. The number of rotatable bonds is 2. The van der Waals surface area contributed by atoms with Crippen LogP contribution in [0.25, 0.3) is 0 Å². The van der Waals surface area contributed by atoms with Crippen molar-refractivity contribution in [2.24, 2.45) is 0 Å². The third kappa shape index (κ3) is 2.89. The molecule has 0 atom stereocenters. The Balaban J connectivity index is 2.24. The first-order chi connectivity index (χ1) is 8.85. The zero-order chi connectivity index (χ0) is 14.1. The number of nitrogens with zero attached hydrogens (tertiary/aromatic N) is 1. The van der Waals surface area contributed by atoms with Gasteiger partial charge in [-0.05, 0) is 30.5 Å². The second-order valence-corrected chi connectivity index (χ2v) is 4.75. The minimum Gasteiger partial charge on any atom is -0.385 e. The average Bonchev–Trinajstić information content (AvgIpc) is 2.39. The first-order valence-electron chi connectivity index (χ1n) is 5.95. The molecule has 1 N–H and O–H groups in total. The maximum Gasteiger partial charge on any atom is 0.416 e. The highest BCUT2D eigenvalue weighted by atomic mass is 19.4. The number of benzene rings is 1. The van der Waals surface area contributed by atoms with E-state index in [-0.39, 0.29) is 18.4 Å². The highest BCUT2D eigenvalue weighted by Gasteiger charge is 2.36. The summed E-state index contributed by atoms with van der Waals surface area (Å²) < 4.78 is 37.9. The van der Waals surface area contributed by atoms with Crippen LogP contribution in [0.1, 0.15) is 24.0 Å². The number of carbonyl (C=O) groups is 1. The van der Waals surface area contributed by atoms with Gasteiger partial charge in [-0.25, -0.2) is 0 Å². The van der Waals surface area contributed by atoms with Gasteiger partial charge in [0.05, 0.1) is 11.2 Å². The summed E-state index contributed by atoms with van der Waals surface area (Å²) in [6.07, 6.45) is -3.25. The van der Waals surface area contributed by atoms with E-state index in [0.717, 1.165) is 12.1 Å². The van der Waals surface area contributed by atoms with Crippen LogP contribution in [0.4, 0.5) is 13.2 Å². The molecule has 2 rings (SSSR count). The van der Waals surface area contributed by atoms with Crippen LogP contribution < -0.4 is 0 Å². The number of alkyl halides is 3. The topological polar surface area (TPSA) is 40.5 Å². The molecule has 1 aliphatic heterocycles. The number of piperidine rings is 1. The van der Waals surface area contributed by atoms with Crippen molar-refractivity contribution in [3.8, 4) is 0 Å². The lowest BCUT2D eigenvalue weighted by Gasteiger charge is -2.37. The van der Waals surface area contributed by atoms with Gasteiger partial charge in [-0.1, -0.05) is 12.1 Å². The number of halogens is 3. The summed E-state index contributed by atoms with van der Waals surface area (Å²) in [7, 11) is 0. The first-order valence-corrected chi connectivity index (χ1v) is 5.95. The van der Waals surface area contributed by atoms with Crippen molar-refractivity contribution in [1.29, 1.82) is 0 Å². The van der Waals surface area contributed by atoms with E-state index in [1.807, 2.05) is 0 Å². The van der Waals surface area contributed by atoms with E-state index in [9.17, 15) is 23.1 Å². The van der Waals surface area contributed by atoms with Gasteiger partial charge >= 0.3 is 6.18 Å². The molecule has 1 amide bonds. The zero-order valence-electron chi connectivity index (χ0n) is 10.2. The smallest absolute Gasteiger partial charge is 0.385 e. The molecule has 104 valence electrons. The summed E-state index contributed by atoms with van der Waals surface area (Å²) >= 11 is 0. The molecule has 1 saturated heterocycles. The highest BCUT2D eigenvalue weighted by Crippen LogP contribution is 2.36. The van der Waals surface area contributed by atoms with E-state index >= 15 is 0 Å². The van der Waals surface area contributed by atoms with Crippen molar-refractivity contribution >= 4 is 6.41 Å². The van der Waals surface area contributed by atoms with Crippen molar-refractivity contribution in [3.63, 3.8) is 0 Å². The Morgan fingerprint density at radius 2 is 1.89 bits per heavy atom. The van der Waals surface area contributed by atoms with Gasteiger partial charge in [0.25, 0.3) is 0 Å². The fourth-order valence-electron chi connectivity index (χ4n) is 2.27. The Morgan fingerprint density at radius 1 is 1.26 bits per heavy atom. The highest BCUT2D eigenvalue weighted by molar-refractivity contribution is 5.47. The maximum absolute atomic E-state index is 12.6. The molecule has 1 aromatic rings. The van der Waals surface area contributed by atoms with Crippen LogP contribution in [0.5, 0.6) is 0 Å². The quantitative estimate of drug-likeness (QED) is 0.839. The van der Waals surface area contributed by atoms with E-state index in [1.165, 1.54) is 17.0 Å². The summed E-state index contributed by atoms with van der Waals surface area (Å²) in [5, 5.41) is 10.4. The maximum atomic E-state index is 12.6. The van der Waals surface area contributed by atoms with Crippen LogP contribution in [-0.4, -0.2) is 29.5 Å². The van der Waals surface area contributed by atoms with Gasteiger partial charge in [0.2, 0.25) is 6.41 Å². The molecule has 0 bridgehead atoms. The second kappa shape index (κ2) is 4.85. The molecule has 1 fully saturated rings. The fourth-order valence-corrected chi connectivity index (χ4v) is 2.27. The normalized spacial score (nSPS) is 19.3. The Hall–Kier alpha value is -1.56. The molecular weight excluding hydrogens is 259 g/mol. The van der Waals surface area contributed by atoms with Crippen molar-refractivity contribution < 1.29 is 23.1 Å². The van der Waals surface area contributed by atoms with Gasteiger partial charge in [0.1, 0.15) is 0 Å². The van der Waals surface area contributed by atoms with Crippen molar-refractivity contribution in [2.75, 3.05) is 13.1 Å². The summed E-state index contributed by atoms with van der Waals surface area (Å²) in [4.78, 5) is 12.1. The van der Waals surface area contributed by atoms with Gasteiger partial charge in [-0.15, -0.1) is 0 Å². The second-order valence-electron chi connectivity index (χ2n) is 4.75. The van der Waals surface area contributed by atoms with E-state index in [0.29, 0.717) is 19.5 Å². The van der Waals surface area contributed by atoms with Crippen LogP contribution in [0.2, 0.25) is 0 Å². The van der Waals surface area contributed by atoms with E-state index in [4.69, 9.17) is 0 Å². The molecule has 1 aliphatic rings. The summed E-state index contributed by atoms with van der Waals surface area (Å²) in [5.41, 5.74) is -1.80. The van der Waals surface area contributed by atoms with Gasteiger partial charge < -0.3 is 10.0 Å². The lowest BCUT2D eigenvalue weighted by atomic mass is 9.84. The predicted molar refractivity (Wildman–Crippen MR) is 62.2 cm³/mol. The average molecular weight is 273 g/mol. The number of carbonyl (C=O) groups excluding carboxylic acids is 1. The monoisotopic (exact) mass is 273 g/mol. The molecule has 0 saturated carbocycles. The molecule has 3 nitrogen and oxygen atoms in total. The number of aliphatic hydroxyl groups is 1. The van der Waals surface area contributed by atoms with Crippen molar-refractivity contribution in [3.05, 3.63) is 35.4 Å². The lowest BCUT2D eigenvalue weighted by molar-refractivity contribution is -0.137. The molecular formula is C13H14F3NO2. The summed E-state index contributed by atoms with van der Waals surface area (Å²) in [6.45, 7) is 0.687. The molecule has 1 heterocycles. The predicted octanol–water partition coefficient (Wildman–Crippen LogP) is 2.15. The standard InChI is InChI=1S/C13H14F3NO2/c14-13(15,16)11-3-1-2-10(8-11)12(19)4-6-17(9-18)7-5-12/h1-3,8-9,19H,4-7H2. The molecule has 0 aliphatic carbocycles. The molecule has 19 heavy (non-hydrogen) atoms. The van der Waals surface area contributed by atoms with E-state index in [2.05, 4.69) is 0 Å². The molecule has 0 aromatic heterocycles. The van der Waals surface area contributed by atoms with Crippen molar-refractivity contribution in [1.82, 2.24) is 4.90 Å². The molecule has 1 aromatic carbocycles. The van der Waals surface area contributed by atoms with Gasteiger partial charge in [0, 0.05) is 13.1 Å². The molecule has 0 spiro atoms. The van der Waals surface area contributed by atoms with Crippen LogP contribution >= 0.6 is 0 Å². The SMILES string of the molecule is O=CN1CCC(O)(c2cccc(C(F)(F)F)c2)CC1. The third-order valence-electron chi connectivity index (χ3n) is 3.50. The minimum absolute atomic E-state index is 0.243. The number of hydrogen-bond acceptors (Lipinski definition) is 2. The van der Waals surface area contributed by atoms with Crippen LogP contribution in [0, 0.1) is 0 Å². The number of likely N-dealkylation sites (tertiary alicyclic amines) is 1. The number of hydrogen-bond donors (Lipinski definition) is 1. The lowest BCUT2D eigenvalue weighted by Crippen LogP contribution is -2.42. The van der Waals surface area contributed by atoms with Crippen LogP contribution in [0.15, 0.2) is 24.3 Å². The van der Waals surface area contributed by atoms with Crippen LogP contribution in [0.3, 0.4) is 0 Å². The largest absolute Gasteiger partial charge is 0.416 e. The van der Waals surface area contributed by atoms with Crippen molar-refractivity contribution in [2.45, 2.75) is 24.6 Å². The Bertz CT molecular complexity index is 465. The Kier molecular flexibility index (Phi) is 3.54. The van der Waals surface area contributed by atoms with Crippen LogP contribution in [-0.2, 0) is 16.6 Å². The van der Waals surface area contributed by atoms with E-state index in [1.54, 1.807) is 0 Å². The summed E-state index contributed by atoms with van der Waals surface area (Å²) in [5.74, 6) is 0. The minimum atomic E-state index is -4.42. The third-order valence-corrected chi connectivity index (χ3v) is 3.50. The molecule has 6 heteroatoms. The zero-order valence-corrected chi connectivity index (χ0v) is 10.2. The first kappa shape index (κ1) is 13.9. The molecule has 0 unspecified atom stereocenters. The van der Waals surface area contributed by atoms with Gasteiger partial charge in [0.15, 0.2) is 0 Å². The Morgan fingerprint density at radius 3 is 2.42 bits per heavy atom. The van der Waals surface area contributed by atoms with Gasteiger partial charge in [-0.3, -0.25) is 4.79 Å². The van der Waals surface area contributed by atoms with Gasteiger partial charge in [-0.2, -0.15) is 13.2 Å². The summed E-state index contributed by atoms with van der Waals surface area (Å²) in [6, 6.07) is 4.75. The molecule has 0 radical (unpaired) electrons. The fraction of sp³-hybridized carbons (Fsp3) is 0.462.